The molecule has 0 aliphatic carbocycles. The van der Waals surface area contributed by atoms with Crippen LogP contribution in [-0.4, -0.2) is 9.97 Å². The SMILES string of the molecule is Fc1c(Cl)cc(Nc2ncc(Br)cn2)cc1Cl. The fourth-order valence-corrected chi connectivity index (χ4v) is 1.83. The molecule has 7 heteroatoms. The Morgan fingerprint density at radius 2 is 1.65 bits per heavy atom. The van der Waals surface area contributed by atoms with E-state index in [9.17, 15) is 4.39 Å². The number of anilines is 2. The van der Waals surface area contributed by atoms with Crippen LogP contribution in [0.1, 0.15) is 0 Å². The number of nitrogens with one attached hydrogen (secondary N) is 1. The molecule has 88 valence electrons. The van der Waals surface area contributed by atoms with Gasteiger partial charge >= 0.3 is 0 Å². The van der Waals surface area contributed by atoms with Gasteiger partial charge in [0, 0.05) is 18.1 Å². The van der Waals surface area contributed by atoms with Crippen LogP contribution in [0.5, 0.6) is 0 Å². The Bertz CT molecular complexity index is 525. The lowest BCUT2D eigenvalue weighted by atomic mass is 10.3. The molecular formula is C10H5BrCl2FN3. The van der Waals surface area contributed by atoms with Crippen LogP contribution in [0.3, 0.4) is 0 Å². The lowest BCUT2D eigenvalue weighted by Crippen LogP contribution is -1.96. The average Bonchev–Trinajstić information content (AvgIpc) is 2.29. The van der Waals surface area contributed by atoms with E-state index in [-0.39, 0.29) is 10.0 Å². The van der Waals surface area contributed by atoms with Crippen molar-refractivity contribution in [3.8, 4) is 0 Å². The standard InChI is InChI=1S/C10H5BrCl2FN3/c11-5-3-15-10(16-4-5)17-6-1-7(12)9(14)8(13)2-6/h1-4H,(H,15,16,17). The molecule has 0 saturated heterocycles. The average molecular weight is 337 g/mol. The van der Waals surface area contributed by atoms with E-state index < -0.39 is 5.82 Å². The van der Waals surface area contributed by atoms with E-state index >= 15 is 0 Å². The molecule has 2 aromatic rings. The maximum absolute atomic E-state index is 13.2. The molecule has 0 aliphatic heterocycles. The van der Waals surface area contributed by atoms with Crippen LogP contribution in [0.2, 0.25) is 10.0 Å². The molecule has 1 aromatic carbocycles. The fourth-order valence-electron chi connectivity index (χ4n) is 1.13. The van der Waals surface area contributed by atoms with Gasteiger partial charge < -0.3 is 5.32 Å². The fraction of sp³-hybridized carbons (Fsp3) is 0. The van der Waals surface area contributed by atoms with E-state index in [1.165, 1.54) is 12.1 Å². The first kappa shape index (κ1) is 12.5. The van der Waals surface area contributed by atoms with Gasteiger partial charge in [-0.15, -0.1) is 0 Å². The first-order valence-corrected chi connectivity index (χ1v) is 6.00. The second-order valence-corrected chi connectivity index (χ2v) is 4.83. The molecule has 0 saturated carbocycles. The molecule has 1 aromatic heterocycles. The maximum Gasteiger partial charge on any atom is 0.227 e. The summed E-state index contributed by atoms with van der Waals surface area (Å²) in [7, 11) is 0. The van der Waals surface area contributed by atoms with Gasteiger partial charge in [0.2, 0.25) is 5.95 Å². The van der Waals surface area contributed by atoms with Crippen molar-refractivity contribution in [3.05, 3.63) is 44.9 Å². The van der Waals surface area contributed by atoms with E-state index in [2.05, 4.69) is 31.2 Å². The highest BCUT2D eigenvalue weighted by Gasteiger charge is 2.08. The third kappa shape index (κ3) is 3.06. The van der Waals surface area contributed by atoms with Crippen LogP contribution in [0.4, 0.5) is 16.0 Å². The van der Waals surface area contributed by atoms with E-state index in [1.807, 2.05) is 0 Å². The van der Waals surface area contributed by atoms with Gasteiger partial charge in [-0.2, -0.15) is 0 Å². The van der Waals surface area contributed by atoms with E-state index in [4.69, 9.17) is 23.2 Å². The van der Waals surface area contributed by atoms with Crippen molar-refractivity contribution in [1.82, 2.24) is 9.97 Å². The third-order valence-electron chi connectivity index (χ3n) is 1.86. The lowest BCUT2D eigenvalue weighted by molar-refractivity contribution is 0.629. The van der Waals surface area contributed by atoms with Crippen LogP contribution < -0.4 is 5.32 Å². The number of nitrogens with zero attached hydrogens (tertiary/aromatic N) is 2. The van der Waals surface area contributed by atoms with Crippen molar-refractivity contribution < 1.29 is 4.39 Å². The van der Waals surface area contributed by atoms with Crippen LogP contribution in [0, 0.1) is 5.82 Å². The molecule has 0 bridgehead atoms. The molecule has 0 atom stereocenters. The van der Waals surface area contributed by atoms with Gasteiger partial charge in [0.1, 0.15) is 0 Å². The van der Waals surface area contributed by atoms with Gasteiger partial charge in [-0.25, -0.2) is 14.4 Å². The molecule has 0 fully saturated rings. The number of hydrogen-bond acceptors (Lipinski definition) is 3. The number of hydrogen-bond donors (Lipinski definition) is 1. The zero-order valence-electron chi connectivity index (χ0n) is 8.22. The van der Waals surface area contributed by atoms with Crippen molar-refractivity contribution in [2.45, 2.75) is 0 Å². The first-order valence-electron chi connectivity index (χ1n) is 4.45. The predicted molar refractivity (Wildman–Crippen MR) is 69.4 cm³/mol. The molecular weight excluding hydrogens is 332 g/mol. The van der Waals surface area contributed by atoms with Crippen molar-refractivity contribution in [3.63, 3.8) is 0 Å². The normalized spacial score (nSPS) is 10.4. The molecule has 0 amide bonds. The highest BCUT2D eigenvalue weighted by Crippen LogP contribution is 2.28. The minimum absolute atomic E-state index is 0.0582. The van der Waals surface area contributed by atoms with Crippen LogP contribution >= 0.6 is 39.1 Å². The highest BCUT2D eigenvalue weighted by atomic mass is 79.9. The summed E-state index contributed by atoms with van der Waals surface area (Å²) in [6, 6.07) is 2.82. The zero-order valence-corrected chi connectivity index (χ0v) is 11.3. The van der Waals surface area contributed by atoms with Crippen LogP contribution in [0.25, 0.3) is 0 Å². The summed E-state index contributed by atoms with van der Waals surface area (Å²) < 4.78 is 13.9. The number of halogens is 4. The summed E-state index contributed by atoms with van der Waals surface area (Å²) in [4.78, 5) is 8.01. The first-order chi connectivity index (χ1) is 8.06. The molecule has 0 unspecified atom stereocenters. The molecule has 0 aliphatic rings. The topological polar surface area (TPSA) is 37.8 Å². The Kier molecular flexibility index (Phi) is 3.81. The molecule has 0 spiro atoms. The predicted octanol–water partition coefficient (Wildman–Crippen LogP) is 4.43. The van der Waals surface area contributed by atoms with E-state index in [0.29, 0.717) is 11.6 Å². The third-order valence-corrected chi connectivity index (χ3v) is 2.82. The summed E-state index contributed by atoms with van der Waals surface area (Å²) in [5, 5.41) is 2.74. The van der Waals surface area contributed by atoms with Crippen molar-refractivity contribution >= 4 is 50.8 Å². The second kappa shape index (κ2) is 5.16. The summed E-state index contributed by atoms with van der Waals surface area (Å²) in [6.07, 6.45) is 3.17. The zero-order chi connectivity index (χ0) is 12.4. The minimum Gasteiger partial charge on any atom is -0.324 e. The largest absolute Gasteiger partial charge is 0.324 e. The van der Waals surface area contributed by atoms with Crippen molar-refractivity contribution in [2.24, 2.45) is 0 Å². The molecule has 3 nitrogen and oxygen atoms in total. The highest BCUT2D eigenvalue weighted by molar-refractivity contribution is 9.10. The number of benzene rings is 1. The minimum atomic E-state index is -0.643. The van der Waals surface area contributed by atoms with Crippen LogP contribution in [0.15, 0.2) is 29.0 Å². The van der Waals surface area contributed by atoms with Crippen LogP contribution in [-0.2, 0) is 0 Å². The summed E-state index contributed by atoms with van der Waals surface area (Å²) in [6.45, 7) is 0. The Morgan fingerprint density at radius 1 is 1.12 bits per heavy atom. The number of aromatic nitrogens is 2. The molecule has 2 rings (SSSR count). The smallest absolute Gasteiger partial charge is 0.227 e. The lowest BCUT2D eigenvalue weighted by Gasteiger charge is -2.06. The quantitative estimate of drug-likeness (QED) is 0.824. The number of rotatable bonds is 2. The van der Waals surface area contributed by atoms with Gasteiger partial charge in [0.05, 0.1) is 14.5 Å². The monoisotopic (exact) mass is 335 g/mol. The van der Waals surface area contributed by atoms with Gasteiger partial charge in [-0.1, -0.05) is 23.2 Å². The molecule has 1 heterocycles. The van der Waals surface area contributed by atoms with Gasteiger partial charge in [-0.3, -0.25) is 0 Å². The maximum atomic E-state index is 13.2. The van der Waals surface area contributed by atoms with Crippen molar-refractivity contribution in [1.29, 1.82) is 0 Å². The summed E-state index contributed by atoms with van der Waals surface area (Å²) in [5.74, 6) is -0.275. The van der Waals surface area contributed by atoms with E-state index in [1.54, 1.807) is 12.4 Å². The molecule has 1 N–H and O–H groups in total. The molecule has 0 radical (unpaired) electrons. The summed E-state index contributed by atoms with van der Waals surface area (Å²) in [5.41, 5.74) is 0.517. The second-order valence-electron chi connectivity index (χ2n) is 3.10. The van der Waals surface area contributed by atoms with Gasteiger partial charge in [0.25, 0.3) is 0 Å². The Morgan fingerprint density at radius 3 is 2.18 bits per heavy atom. The Balaban J connectivity index is 2.27. The Labute approximate surface area is 115 Å². The Hall–Kier alpha value is -0.910. The summed E-state index contributed by atoms with van der Waals surface area (Å²) >= 11 is 14.5. The van der Waals surface area contributed by atoms with E-state index in [0.717, 1.165) is 4.47 Å². The van der Waals surface area contributed by atoms with Crippen molar-refractivity contribution in [2.75, 3.05) is 5.32 Å². The molecule has 17 heavy (non-hydrogen) atoms. The van der Waals surface area contributed by atoms with Gasteiger partial charge in [-0.05, 0) is 28.1 Å². The van der Waals surface area contributed by atoms with Gasteiger partial charge in [0.15, 0.2) is 5.82 Å².